The highest BCUT2D eigenvalue weighted by molar-refractivity contribution is 5.84. The highest BCUT2D eigenvalue weighted by Crippen LogP contribution is 2.10. The lowest BCUT2D eigenvalue weighted by Crippen LogP contribution is -2.53. The summed E-state index contributed by atoms with van der Waals surface area (Å²) in [5.41, 5.74) is 9.57. The number of benzene rings is 1. The monoisotopic (exact) mass is 194 g/mol. The molecule has 4 nitrogen and oxygen atoms in total. The summed E-state index contributed by atoms with van der Waals surface area (Å²) < 4.78 is 5.31. The molecule has 1 unspecified atom stereocenters. The van der Waals surface area contributed by atoms with Crippen molar-refractivity contribution in [3.63, 3.8) is 0 Å². The van der Waals surface area contributed by atoms with Crippen molar-refractivity contribution in [2.75, 3.05) is 6.61 Å². The van der Waals surface area contributed by atoms with Gasteiger partial charge in [-0.1, -0.05) is 18.2 Å². The minimum absolute atomic E-state index is 0.0757. The van der Waals surface area contributed by atoms with Crippen LogP contribution in [0.5, 0.6) is 5.75 Å². The highest BCUT2D eigenvalue weighted by atomic mass is 16.5. The van der Waals surface area contributed by atoms with E-state index in [0.29, 0.717) is 5.75 Å². The fraction of sp³-hybridized carbons (Fsp3) is 0.300. The summed E-state index contributed by atoms with van der Waals surface area (Å²) in [6, 6.07) is 9.14. The Hall–Kier alpha value is -1.55. The summed E-state index contributed by atoms with van der Waals surface area (Å²) >= 11 is 0. The number of hydrogen-bond acceptors (Lipinski definition) is 3. The summed E-state index contributed by atoms with van der Waals surface area (Å²) in [7, 11) is 0. The molecule has 0 aliphatic rings. The summed E-state index contributed by atoms with van der Waals surface area (Å²) in [6.45, 7) is 1.62. The summed E-state index contributed by atoms with van der Waals surface area (Å²) in [5.74, 6) is 0.0962. The predicted octanol–water partition coefficient (Wildman–Crippen LogP) is 0.268. The van der Waals surface area contributed by atoms with Crippen LogP contribution in [0.2, 0.25) is 0 Å². The molecule has 14 heavy (non-hydrogen) atoms. The standard InChI is InChI=1S/C10H14N2O2/c1-10(12,9(11)13)7-14-8-5-3-2-4-6-8/h2-6H,7,12H2,1H3,(H2,11,13). The van der Waals surface area contributed by atoms with E-state index in [1.807, 2.05) is 18.2 Å². The Kier molecular flexibility index (Phi) is 3.09. The Morgan fingerprint density at radius 3 is 2.50 bits per heavy atom. The van der Waals surface area contributed by atoms with Crippen molar-refractivity contribution in [3.8, 4) is 5.75 Å². The van der Waals surface area contributed by atoms with E-state index in [-0.39, 0.29) is 6.61 Å². The number of nitrogens with two attached hydrogens (primary N) is 2. The van der Waals surface area contributed by atoms with Gasteiger partial charge in [0, 0.05) is 0 Å². The van der Waals surface area contributed by atoms with Crippen molar-refractivity contribution in [2.24, 2.45) is 11.5 Å². The molecule has 0 spiro atoms. The molecule has 0 saturated heterocycles. The first kappa shape index (κ1) is 10.5. The number of carbonyl (C=O) groups is 1. The summed E-state index contributed by atoms with van der Waals surface area (Å²) in [6.07, 6.45) is 0. The molecule has 0 saturated carbocycles. The number of primary amides is 1. The molecular weight excluding hydrogens is 180 g/mol. The van der Waals surface area contributed by atoms with Crippen LogP contribution in [0, 0.1) is 0 Å². The maximum Gasteiger partial charge on any atom is 0.240 e. The van der Waals surface area contributed by atoms with Crippen LogP contribution in [0.15, 0.2) is 30.3 Å². The van der Waals surface area contributed by atoms with Gasteiger partial charge in [-0.05, 0) is 19.1 Å². The van der Waals surface area contributed by atoms with Crippen LogP contribution < -0.4 is 16.2 Å². The van der Waals surface area contributed by atoms with Crippen molar-refractivity contribution in [1.29, 1.82) is 0 Å². The van der Waals surface area contributed by atoms with Gasteiger partial charge in [-0.2, -0.15) is 0 Å². The van der Waals surface area contributed by atoms with Gasteiger partial charge in [-0.3, -0.25) is 4.79 Å². The van der Waals surface area contributed by atoms with Gasteiger partial charge >= 0.3 is 0 Å². The largest absolute Gasteiger partial charge is 0.491 e. The van der Waals surface area contributed by atoms with Gasteiger partial charge in [-0.15, -0.1) is 0 Å². The van der Waals surface area contributed by atoms with Gasteiger partial charge < -0.3 is 16.2 Å². The third-order valence-corrected chi connectivity index (χ3v) is 1.84. The number of carbonyl (C=O) groups excluding carboxylic acids is 1. The topological polar surface area (TPSA) is 78.3 Å². The van der Waals surface area contributed by atoms with Gasteiger partial charge in [0.25, 0.3) is 0 Å². The van der Waals surface area contributed by atoms with Crippen molar-refractivity contribution < 1.29 is 9.53 Å². The third-order valence-electron chi connectivity index (χ3n) is 1.84. The lowest BCUT2D eigenvalue weighted by molar-refractivity contribution is -0.123. The number of ether oxygens (including phenoxy) is 1. The first-order valence-corrected chi connectivity index (χ1v) is 4.29. The Bertz CT molecular complexity index is 309. The maximum absolute atomic E-state index is 10.9. The van der Waals surface area contributed by atoms with E-state index < -0.39 is 11.4 Å². The highest BCUT2D eigenvalue weighted by Gasteiger charge is 2.26. The van der Waals surface area contributed by atoms with Crippen molar-refractivity contribution >= 4 is 5.91 Å². The van der Waals surface area contributed by atoms with E-state index in [9.17, 15) is 4.79 Å². The lowest BCUT2D eigenvalue weighted by atomic mass is 10.1. The molecule has 1 atom stereocenters. The first-order valence-electron chi connectivity index (χ1n) is 4.29. The molecule has 0 heterocycles. The number of rotatable bonds is 4. The molecule has 1 aromatic carbocycles. The Morgan fingerprint density at radius 2 is 2.00 bits per heavy atom. The average molecular weight is 194 g/mol. The van der Waals surface area contributed by atoms with E-state index >= 15 is 0 Å². The van der Waals surface area contributed by atoms with Crippen LogP contribution in [0.25, 0.3) is 0 Å². The number of amides is 1. The fourth-order valence-electron chi connectivity index (χ4n) is 0.821. The number of hydrogen-bond donors (Lipinski definition) is 2. The van der Waals surface area contributed by atoms with Crippen molar-refractivity contribution in [3.05, 3.63) is 30.3 Å². The zero-order valence-corrected chi connectivity index (χ0v) is 8.07. The van der Waals surface area contributed by atoms with E-state index in [0.717, 1.165) is 0 Å². The normalized spacial score (nSPS) is 14.4. The van der Waals surface area contributed by atoms with Gasteiger partial charge in [-0.25, -0.2) is 0 Å². The molecule has 76 valence electrons. The number of para-hydroxylation sites is 1. The molecule has 0 aliphatic carbocycles. The molecule has 4 heteroatoms. The van der Waals surface area contributed by atoms with Crippen molar-refractivity contribution in [2.45, 2.75) is 12.5 Å². The molecule has 0 bridgehead atoms. The van der Waals surface area contributed by atoms with Crippen LogP contribution >= 0.6 is 0 Å². The first-order chi connectivity index (χ1) is 6.52. The van der Waals surface area contributed by atoms with Crippen LogP contribution in [0.1, 0.15) is 6.92 Å². The zero-order valence-electron chi connectivity index (χ0n) is 8.07. The lowest BCUT2D eigenvalue weighted by Gasteiger charge is -2.20. The second kappa shape index (κ2) is 4.11. The van der Waals surface area contributed by atoms with Crippen LogP contribution in [-0.4, -0.2) is 18.1 Å². The summed E-state index contributed by atoms with van der Waals surface area (Å²) in [5, 5.41) is 0. The minimum Gasteiger partial charge on any atom is -0.491 e. The molecule has 0 fully saturated rings. The Balaban J connectivity index is 2.53. The van der Waals surface area contributed by atoms with Gasteiger partial charge in [0.15, 0.2) is 0 Å². The van der Waals surface area contributed by atoms with Gasteiger partial charge in [0.1, 0.15) is 17.9 Å². The molecule has 4 N–H and O–H groups in total. The molecule has 0 radical (unpaired) electrons. The van der Waals surface area contributed by atoms with Gasteiger partial charge in [0.05, 0.1) is 0 Å². The molecule has 1 aromatic rings. The molecular formula is C10H14N2O2. The predicted molar refractivity (Wildman–Crippen MR) is 53.7 cm³/mol. The molecule has 1 amide bonds. The fourth-order valence-corrected chi connectivity index (χ4v) is 0.821. The zero-order chi connectivity index (χ0) is 10.6. The second-order valence-electron chi connectivity index (χ2n) is 3.38. The minimum atomic E-state index is -1.13. The van der Waals surface area contributed by atoms with Crippen LogP contribution in [0.3, 0.4) is 0 Å². The van der Waals surface area contributed by atoms with E-state index in [1.165, 1.54) is 6.92 Å². The SMILES string of the molecule is CC(N)(COc1ccccc1)C(N)=O. The third kappa shape index (κ3) is 2.74. The average Bonchev–Trinajstić information content (AvgIpc) is 2.16. The Morgan fingerprint density at radius 1 is 1.43 bits per heavy atom. The maximum atomic E-state index is 10.9. The van der Waals surface area contributed by atoms with Crippen molar-refractivity contribution in [1.82, 2.24) is 0 Å². The molecule has 1 rings (SSSR count). The van der Waals surface area contributed by atoms with E-state index in [1.54, 1.807) is 12.1 Å². The Labute approximate surface area is 82.8 Å². The molecule has 0 aromatic heterocycles. The van der Waals surface area contributed by atoms with E-state index in [4.69, 9.17) is 16.2 Å². The van der Waals surface area contributed by atoms with E-state index in [2.05, 4.69) is 0 Å². The van der Waals surface area contributed by atoms with Gasteiger partial charge in [0.2, 0.25) is 5.91 Å². The quantitative estimate of drug-likeness (QED) is 0.722. The molecule has 0 aliphatic heterocycles. The smallest absolute Gasteiger partial charge is 0.240 e. The van der Waals surface area contributed by atoms with Crippen LogP contribution in [-0.2, 0) is 4.79 Å². The van der Waals surface area contributed by atoms with Crippen LogP contribution in [0.4, 0.5) is 0 Å². The second-order valence-corrected chi connectivity index (χ2v) is 3.38. The summed E-state index contributed by atoms with van der Waals surface area (Å²) in [4.78, 5) is 10.9.